The van der Waals surface area contributed by atoms with Crippen molar-refractivity contribution in [3.8, 4) is 5.75 Å². The zero-order chi connectivity index (χ0) is 16.2. The summed E-state index contributed by atoms with van der Waals surface area (Å²) in [5, 5.41) is -1.39. The number of carbonyl (C=O) groups is 1. The van der Waals surface area contributed by atoms with Crippen molar-refractivity contribution in [2.45, 2.75) is 11.7 Å². The summed E-state index contributed by atoms with van der Waals surface area (Å²) >= 11 is 0. The molecule has 0 bridgehead atoms. The fourth-order valence-electron chi connectivity index (χ4n) is 2.12. The van der Waals surface area contributed by atoms with Crippen LogP contribution in [0.2, 0.25) is 0 Å². The minimum Gasteiger partial charge on any atom is -0.747 e. The Morgan fingerprint density at radius 3 is 2.13 bits per heavy atom. The average molecular weight is 342 g/mol. The van der Waals surface area contributed by atoms with Gasteiger partial charge in [-0.2, -0.15) is 0 Å². The minimum absolute atomic E-state index is 0. The molecule has 2 aromatic rings. The van der Waals surface area contributed by atoms with E-state index in [2.05, 4.69) is 0 Å². The Bertz CT molecular complexity index is 742. The van der Waals surface area contributed by atoms with Gasteiger partial charge < -0.3 is 9.29 Å². The molecule has 2 rings (SSSR count). The molecule has 0 spiro atoms. The summed E-state index contributed by atoms with van der Waals surface area (Å²) in [6, 6.07) is 14.3. The van der Waals surface area contributed by atoms with E-state index in [1.54, 1.807) is 42.5 Å². The SMILES string of the molecule is COc1ccc(C(=O)CC(c2ccccc2)S(=O)(=O)[O-])cc1.[Na+]. The number of benzene rings is 2. The molecular formula is C16H15NaO5S. The van der Waals surface area contributed by atoms with Crippen LogP contribution in [0.1, 0.15) is 27.6 Å². The number of methoxy groups -OCH3 is 1. The first-order chi connectivity index (χ1) is 10.4. The van der Waals surface area contributed by atoms with Crippen molar-refractivity contribution in [2.24, 2.45) is 0 Å². The number of ether oxygens (including phenoxy) is 1. The molecule has 1 unspecified atom stereocenters. The van der Waals surface area contributed by atoms with E-state index in [0.717, 1.165) is 0 Å². The summed E-state index contributed by atoms with van der Waals surface area (Å²) in [6.07, 6.45) is -0.387. The van der Waals surface area contributed by atoms with Crippen molar-refractivity contribution in [3.63, 3.8) is 0 Å². The molecule has 7 heteroatoms. The molecule has 116 valence electrons. The Morgan fingerprint density at radius 1 is 1.09 bits per heavy atom. The van der Waals surface area contributed by atoms with Gasteiger partial charge in [-0.25, -0.2) is 8.42 Å². The number of carbonyl (C=O) groups excluding carboxylic acids is 1. The smallest absolute Gasteiger partial charge is 0.747 e. The fraction of sp³-hybridized carbons (Fsp3) is 0.188. The molecule has 0 saturated heterocycles. The molecule has 1 atom stereocenters. The summed E-state index contributed by atoms with van der Waals surface area (Å²) in [7, 11) is -3.12. The number of Topliss-reactive ketones (excluding diaryl/α,β-unsaturated/α-hetero) is 1. The van der Waals surface area contributed by atoms with Gasteiger partial charge in [-0.1, -0.05) is 30.3 Å². The molecule has 0 fully saturated rings. The van der Waals surface area contributed by atoms with Crippen molar-refractivity contribution in [3.05, 3.63) is 65.7 Å². The third-order valence-electron chi connectivity index (χ3n) is 3.30. The third-order valence-corrected chi connectivity index (χ3v) is 4.44. The molecule has 0 saturated carbocycles. The van der Waals surface area contributed by atoms with Crippen molar-refractivity contribution in [2.75, 3.05) is 7.11 Å². The van der Waals surface area contributed by atoms with E-state index in [-0.39, 0.29) is 36.0 Å². The first-order valence-corrected chi connectivity index (χ1v) is 8.06. The van der Waals surface area contributed by atoms with Crippen LogP contribution in [-0.2, 0) is 10.1 Å². The maximum atomic E-state index is 12.2. The van der Waals surface area contributed by atoms with Gasteiger partial charge in [0.15, 0.2) is 5.78 Å². The fourth-order valence-corrected chi connectivity index (χ4v) is 2.96. The monoisotopic (exact) mass is 342 g/mol. The second-order valence-electron chi connectivity index (χ2n) is 4.75. The van der Waals surface area contributed by atoms with Crippen LogP contribution in [0.5, 0.6) is 5.75 Å². The quantitative estimate of drug-likeness (QED) is 0.404. The molecule has 0 N–H and O–H groups in total. The van der Waals surface area contributed by atoms with Gasteiger partial charge in [-0.3, -0.25) is 4.79 Å². The molecule has 23 heavy (non-hydrogen) atoms. The maximum Gasteiger partial charge on any atom is 1.00 e. The predicted molar refractivity (Wildman–Crippen MR) is 80.8 cm³/mol. The Labute approximate surface area is 157 Å². The second-order valence-corrected chi connectivity index (χ2v) is 6.30. The largest absolute Gasteiger partial charge is 1.00 e. The summed E-state index contributed by atoms with van der Waals surface area (Å²) < 4.78 is 39.4. The Hall–Kier alpha value is -1.18. The summed E-state index contributed by atoms with van der Waals surface area (Å²) in [5.74, 6) is 0.184. The standard InChI is InChI=1S/C16H16O5S.Na/c1-21-14-9-7-12(8-10-14)15(17)11-16(22(18,19)20)13-5-3-2-4-6-13;/h2-10,16H,11H2,1H3,(H,18,19,20);/q;+1/p-1. The van der Waals surface area contributed by atoms with Crippen LogP contribution in [0.3, 0.4) is 0 Å². The molecule has 0 aromatic heterocycles. The molecular weight excluding hydrogens is 327 g/mol. The molecule has 0 heterocycles. The Kier molecular flexibility index (Phi) is 7.44. The molecule has 0 aliphatic heterocycles. The van der Waals surface area contributed by atoms with Gasteiger partial charge in [-0.15, -0.1) is 0 Å². The summed E-state index contributed by atoms with van der Waals surface area (Å²) in [5.41, 5.74) is 0.657. The Balaban J connectivity index is 0.00000264. The van der Waals surface area contributed by atoms with Crippen LogP contribution in [0, 0.1) is 0 Å². The molecule has 2 aromatic carbocycles. The van der Waals surface area contributed by atoms with Gasteiger partial charge in [0, 0.05) is 12.0 Å². The van der Waals surface area contributed by atoms with Crippen LogP contribution < -0.4 is 34.3 Å². The van der Waals surface area contributed by atoms with Crippen LogP contribution in [0.4, 0.5) is 0 Å². The number of hydrogen-bond acceptors (Lipinski definition) is 5. The van der Waals surface area contributed by atoms with Gasteiger partial charge in [0.1, 0.15) is 15.9 Å². The van der Waals surface area contributed by atoms with Crippen molar-refractivity contribution >= 4 is 15.9 Å². The van der Waals surface area contributed by atoms with E-state index in [1.807, 2.05) is 0 Å². The van der Waals surface area contributed by atoms with E-state index in [1.165, 1.54) is 19.2 Å². The summed E-state index contributed by atoms with van der Waals surface area (Å²) in [4.78, 5) is 12.2. The van der Waals surface area contributed by atoms with E-state index in [4.69, 9.17) is 4.74 Å². The van der Waals surface area contributed by atoms with Crippen LogP contribution in [0.15, 0.2) is 54.6 Å². The van der Waals surface area contributed by atoms with Crippen LogP contribution in [-0.4, -0.2) is 25.9 Å². The zero-order valence-electron chi connectivity index (χ0n) is 12.9. The minimum atomic E-state index is -4.63. The first kappa shape index (κ1) is 19.9. The van der Waals surface area contributed by atoms with Crippen LogP contribution >= 0.6 is 0 Å². The number of ketones is 1. The normalized spacial score (nSPS) is 12.1. The molecule has 0 radical (unpaired) electrons. The van der Waals surface area contributed by atoms with Crippen molar-refractivity contribution in [1.82, 2.24) is 0 Å². The molecule has 0 aliphatic rings. The maximum absolute atomic E-state index is 12.2. The molecule has 5 nitrogen and oxygen atoms in total. The van der Waals surface area contributed by atoms with Gasteiger partial charge >= 0.3 is 29.6 Å². The van der Waals surface area contributed by atoms with Gasteiger partial charge in [0.25, 0.3) is 0 Å². The van der Waals surface area contributed by atoms with Gasteiger partial charge in [-0.05, 0) is 29.8 Å². The molecule has 0 aliphatic carbocycles. The zero-order valence-corrected chi connectivity index (χ0v) is 15.7. The van der Waals surface area contributed by atoms with Crippen molar-refractivity contribution in [1.29, 1.82) is 0 Å². The van der Waals surface area contributed by atoms with Gasteiger partial charge in [0.05, 0.1) is 12.4 Å². The summed E-state index contributed by atoms with van der Waals surface area (Å²) in [6.45, 7) is 0. The average Bonchev–Trinajstić information content (AvgIpc) is 2.52. The number of rotatable bonds is 6. The predicted octanol–water partition coefficient (Wildman–Crippen LogP) is -0.441. The van der Waals surface area contributed by atoms with Gasteiger partial charge in [0.2, 0.25) is 0 Å². The first-order valence-electron chi connectivity index (χ1n) is 6.58. The van der Waals surface area contributed by atoms with E-state index in [0.29, 0.717) is 16.9 Å². The van der Waals surface area contributed by atoms with E-state index in [9.17, 15) is 17.8 Å². The third kappa shape index (κ3) is 5.44. The van der Waals surface area contributed by atoms with E-state index < -0.39 is 21.2 Å². The molecule has 0 amide bonds. The van der Waals surface area contributed by atoms with Crippen LogP contribution in [0.25, 0.3) is 0 Å². The van der Waals surface area contributed by atoms with E-state index >= 15 is 0 Å². The topological polar surface area (TPSA) is 83.5 Å². The van der Waals surface area contributed by atoms with Crippen molar-refractivity contribution < 1.29 is 52.1 Å². The number of hydrogen-bond donors (Lipinski definition) is 0. The Morgan fingerprint density at radius 2 is 1.65 bits per heavy atom. The second kappa shape index (κ2) is 8.61.